The van der Waals surface area contributed by atoms with E-state index in [4.69, 9.17) is 10.8 Å². The highest BCUT2D eigenvalue weighted by atomic mass is 28.4. The molecule has 0 saturated heterocycles. The summed E-state index contributed by atoms with van der Waals surface area (Å²) in [7, 11) is -1.40. The standard InChI is InChI=1S/C8H16OSi/c1-6-8(7-2)9-10(3,4)5/h1,8H,7H2,2-5H3. The van der Waals surface area contributed by atoms with Crippen LogP contribution in [0, 0.1) is 12.3 Å². The van der Waals surface area contributed by atoms with Gasteiger partial charge in [-0.3, -0.25) is 0 Å². The summed E-state index contributed by atoms with van der Waals surface area (Å²) in [5.74, 6) is 2.62. The summed E-state index contributed by atoms with van der Waals surface area (Å²) in [6, 6.07) is 0. The van der Waals surface area contributed by atoms with Crippen LogP contribution in [-0.4, -0.2) is 14.4 Å². The van der Waals surface area contributed by atoms with E-state index in [1.165, 1.54) is 0 Å². The average molecular weight is 156 g/mol. The summed E-state index contributed by atoms with van der Waals surface area (Å²) >= 11 is 0. The fourth-order valence-electron chi connectivity index (χ4n) is 0.662. The predicted octanol–water partition coefficient (Wildman–Crippen LogP) is 2.25. The van der Waals surface area contributed by atoms with Crippen molar-refractivity contribution in [1.29, 1.82) is 0 Å². The van der Waals surface area contributed by atoms with Crippen LogP contribution in [0.5, 0.6) is 0 Å². The van der Waals surface area contributed by atoms with E-state index in [1.807, 2.05) is 6.92 Å². The summed E-state index contributed by atoms with van der Waals surface area (Å²) in [5, 5.41) is 0. The molecule has 0 aromatic rings. The summed E-state index contributed by atoms with van der Waals surface area (Å²) in [6.45, 7) is 8.48. The first-order valence-corrected chi connectivity index (χ1v) is 7.04. The molecule has 0 aliphatic heterocycles. The van der Waals surface area contributed by atoms with Crippen molar-refractivity contribution in [2.45, 2.75) is 39.1 Å². The van der Waals surface area contributed by atoms with Gasteiger partial charge in [-0.25, -0.2) is 0 Å². The topological polar surface area (TPSA) is 9.23 Å². The molecule has 0 aliphatic rings. The van der Waals surface area contributed by atoms with Crippen LogP contribution in [0.2, 0.25) is 19.6 Å². The van der Waals surface area contributed by atoms with Gasteiger partial charge in [-0.15, -0.1) is 6.42 Å². The molecule has 1 unspecified atom stereocenters. The lowest BCUT2D eigenvalue weighted by Crippen LogP contribution is -2.30. The van der Waals surface area contributed by atoms with Gasteiger partial charge in [-0.1, -0.05) is 12.8 Å². The van der Waals surface area contributed by atoms with Gasteiger partial charge in [0.15, 0.2) is 8.32 Å². The van der Waals surface area contributed by atoms with Gasteiger partial charge in [0.2, 0.25) is 0 Å². The Labute approximate surface area is 64.9 Å². The van der Waals surface area contributed by atoms with Gasteiger partial charge in [0.1, 0.15) is 6.10 Å². The molecule has 0 bridgehead atoms. The van der Waals surface area contributed by atoms with Crippen LogP contribution in [0.25, 0.3) is 0 Å². The molecular formula is C8H16OSi. The Morgan fingerprint density at radius 3 is 2.10 bits per heavy atom. The quantitative estimate of drug-likeness (QED) is 0.450. The van der Waals surface area contributed by atoms with Gasteiger partial charge in [0.25, 0.3) is 0 Å². The Kier molecular flexibility index (Phi) is 3.70. The Hall–Kier alpha value is -0.263. The highest BCUT2D eigenvalue weighted by molar-refractivity contribution is 6.69. The van der Waals surface area contributed by atoms with Crippen molar-refractivity contribution >= 4 is 8.32 Å². The maximum atomic E-state index is 5.64. The predicted molar refractivity (Wildman–Crippen MR) is 47.3 cm³/mol. The number of terminal acetylenes is 1. The minimum Gasteiger partial charge on any atom is -0.404 e. The molecule has 0 rings (SSSR count). The second kappa shape index (κ2) is 3.80. The van der Waals surface area contributed by atoms with E-state index in [1.54, 1.807) is 0 Å². The van der Waals surface area contributed by atoms with Gasteiger partial charge in [-0.2, -0.15) is 0 Å². The fourth-order valence-corrected chi connectivity index (χ4v) is 1.75. The van der Waals surface area contributed by atoms with Crippen molar-refractivity contribution in [3.8, 4) is 12.3 Å². The van der Waals surface area contributed by atoms with Crippen molar-refractivity contribution in [2.24, 2.45) is 0 Å². The number of rotatable bonds is 3. The molecule has 0 radical (unpaired) electrons. The molecule has 0 fully saturated rings. The van der Waals surface area contributed by atoms with E-state index in [0.29, 0.717) is 0 Å². The molecule has 0 spiro atoms. The van der Waals surface area contributed by atoms with Crippen LogP contribution in [0.15, 0.2) is 0 Å². The molecule has 1 nitrogen and oxygen atoms in total. The minimum atomic E-state index is -1.40. The summed E-state index contributed by atoms with van der Waals surface area (Å²) in [5.41, 5.74) is 0. The first-order chi connectivity index (χ1) is 4.49. The van der Waals surface area contributed by atoms with Crippen LogP contribution >= 0.6 is 0 Å². The molecule has 10 heavy (non-hydrogen) atoms. The van der Waals surface area contributed by atoms with Crippen LogP contribution in [-0.2, 0) is 4.43 Å². The Bertz CT molecular complexity index is 129. The first kappa shape index (κ1) is 9.74. The average Bonchev–Trinajstić information content (AvgIpc) is 1.81. The van der Waals surface area contributed by atoms with Crippen LogP contribution < -0.4 is 0 Å². The largest absolute Gasteiger partial charge is 0.404 e. The Morgan fingerprint density at radius 2 is 2.00 bits per heavy atom. The normalized spacial score (nSPS) is 14.3. The third-order valence-corrected chi connectivity index (χ3v) is 2.04. The Morgan fingerprint density at radius 1 is 1.50 bits per heavy atom. The van der Waals surface area contributed by atoms with E-state index < -0.39 is 8.32 Å². The molecule has 0 heterocycles. The van der Waals surface area contributed by atoms with E-state index in [2.05, 4.69) is 25.6 Å². The van der Waals surface area contributed by atoms with Crippen molar-refractivity contribution in [2.75, 3.05) is 0 Å². The van der Waals surface area contributed by atoms with Crippen LogP contribution in [0.1, 0.15) is 13.3 Å². The summed E-state index contributed by atoms with van der Waals surface area (Å²) in [4.78, 5) is 0. The highest BCUT2D eigenvalue weighted by Crippen LogP contribution is 2.08. The zero-order valence-electron chi connectivity index (χ0n) is 7.27. The number of hydrogen-bond donors (Lipinski definition) is 0. The maximum absolute atomic E-state index is 5.64. The maximum Gasteiger partial charge on any atom is 0.185 e. The number of hydrogen-bond acceptors (Lipinski definition) is 1. The SMILES string of the molecule is C#CC(CC)O[Si](C)(C)C. The fraction of sp³-hybridized carbons (Fsp3) is 0.750. The van der Waals surface area contributed by atoms with Crippen LogP contribution in [0.3, 0.4) is 0 Å². The molecule has 0 aromatic carbocycles. The highest BCUT2D eigenvalue weighted by Gasteiger charge is 2.17. The van der Waals surface area contributed by atoms with E-state index in [-0.39, 0.29) is 6.10 Å². The van der Waals surface area contributed by atoms with Crippen molar-refractivity contribution in [3.05, 3.63) is 0 Å². The third kappa shape index (κ3) is 4.60. The molecule has 2 heteroatoms. The Balaban J connectivity index is 3.78. The molecule has 0 aliphatic carbocycles. The van der Waals surface area contributed by atoms with Crippen LogP contribution in [0.4, 0.5) is 0 Å². The lowest BCUT2D eigenvalue weighted by atomic mass is 10.3. The van der Waals surface area contributed by atoms with E-state index >= 15 is 0 Å². The molecule has 58 valence electrons. The second-order valence-electron chi connectivity index (χ2n) is 3.29. The van der Waals surface area contributed by atoms with Crippen molar-refractivity contribution in [1.82, 2.24) is 0 Å². The van der Waals surface area contributed by atoms with Gasteiger partial charge >= 0.3 is 0 Å². The third-order valence-electron chi connectivity index (χ3n) is 1.05. The second-order valence-corrected chi connectivity index (χ2v) is 7.75. The van der Waals surface area contributed by atoms with Gasteiger partial charge in [0.05, 0.1) is 0 Å². The van der Waals surface area contributed by atoms with Crippen molar-refractivity contribution < 1.29 is 4.43 Å². The molecule has 1 atom stereocenters. The molecular weight excluding hydrogens is 140 g/mol. The monoisotopic (exact) mass is 156 g/mol. The zero-order chi connectivity index (χ0) is 8.20. The minimum absolute atomic E-state index is 0.0340. The summed E-state index contributed by atoms with van der Waals surface area (Å²) < 4.78 is 5.64. The first-order valence-electron chi connectivity index (χ1n) is 3.63. The van der Waals surface area contributed by atoms with Gasteiger partial charge < -0.3 is 4.43 Å². The van der Waals surface area contributed by atoms with Gasteiger partial charge in [-0.05, 0) is 26.1 Å². The zero-order valence-corrected chi connectivity index (χ0v) is 8.27. The molecule has 0 aromatic heterocycles. The van der Waals surface area contributed by atoms with E-state index in [0.717, 1.165) is 6.42 Å². The van der Waals surface area contributed by atoms with E-state index in [9.17, 15) is 0 Å². The smallest absolute Gasteiger partial charge is 0.185 e. The molecule has 0 N–H and O–H groups in total. The van der Waals surface area contributed by atoms with Gasteiger partial charge in [0, 0.05) is 0 Å². The lowest BCUT2D eigenvalue weighted by Gasteiger charge is -2.21. The molecule has 0 saturated carbocycles. The molecule has 0 amide bonds. The summed E-state index contributed by atoms with van der Waals surface area (Å²) in [6.07, 6.45) is 6.19. The lowest BCUT2D eigenvalue weighted by molar-refractivity contribution is 0.247. The van der Waals surface area contributed by atoms with Crippen molar-refractivity contribution in [3.63, 3.8) is 0 Å².